The average Bonchev–Trinajstić information content (AvgIpc) is 2.85. The van der Waals surface area contributed by atoms with E-state index in [1.165, 1.54) is 11.3 Å². The Morgan fingerprint density at radius 1 is 1.62 bits per heavy atom. The van der Waals surface area contributed by atoms with E-state index in [9.17, 15) is 8.42 Å². The molecule has 0 aromatic carbocycles. The molecular formula is C9H13BrN2O2S2. The van der Waals surface area contributed by atoms with Crippen molar-refractivity contribution in [2.24, 2.45) is 5.92 Å². The molecule has 90 valence electrons. The van der Waals surface area contributed by atoms with Crippen molar-refractivity contribution in [2.75, 3.05) is 19.6 Å². The van der Waals surface area contributed by atoms with Gasteiger partial charge in [0.15, 0.2) is 0 Å². The summed E-state index contributed by atoms with van der Waals surface area (Å²) in [5.41, 5.74) is 0. The smallest absolute Gasteiger partial charge is 0.250 e. The summed E-state index contributed by atoms with van der Waals surface area (Å²) < 4.78 is 27.5. The summed E-state index contributed by atoms with van der Waals surface area (Å²) in [5, 5.41) is 4.98. The highest BCUT2D eigenvalue weighted by molar-refractivity contribution is 9.10. The molecule has 1 atom stereocenters. The lowest BCUT2D eigenvalue weighted by atomic mass is 10.1. The molecule has 1 aliphatic rings. The zero-order valence-corrected chi connectivity index (χ0v) is 11.8. The monoisotopic (exact) mass is 324 g/mol. The molecule has 0 aliphatic carbocycles. The second-order valence-electron chi connectivity index (χ2n) is 3.79. The Labute approximate surface area is 108 Å². The highest BCUT2D eigenvalue weighted by atomic mass is 79.9. The summed E-state index contributed by atoms with van der Waals surface area (Å²) >= 11 is 4.48. The van der Waals surface area contributed by atoms with Crippen LogP contribution in [0.25, 0.3) is 0 Å². The lowest BCUT2D eigenvalue weighted by Crippen LogP contribution is -2.29. The van der Waals surface area contributed by atoms with Crippen LogP contribution in [0.2, 0.25) is 0 Å². The number of sulfonamides is 1. The third-order valence-electron chi connectivity index (χ3n) is 2.53. The Morgan fingerprint density at radius 3 is 3.00 bits per heavy atom. The minimum atomic E-state index is -3.32. The molecular weight excluding hydrogens is 312 g/mol. The Bertz CT molecular complexity index is 452. The van der Waals surface area contributed by atoms with E-state index in [1.54, 1.807) is 11.4 Å². The molecule has 0 radical (unpaired) electrons. The van der Waals surface area contributed by atoms with Gasteiger partial charge in [0.25, 0.3) is 0 Å². The van der Waals surface area contributed by atoms with Crippen LogP contribution in [0.3, 0.4) is 0 Å². The summed E-state index contributed by atoms with van der Waals surface area (Å²) in [6.45, 7) is 2.40. The fraction of sp³-hybridized carbons (Fsp3) is 0.556. The minimum Gasteiger partial charge on any atom is -0.316 e. The fourth-order valence-corrected chi connectivity index (χ4v) is 4.63. The molecule has 2 N–H and O–H groups in total. The molecule has 2 heterocycles. The van der Waals surface area contributed by atoms with Gasteiger partial charge in [-0.25, -0.2) is 13.1 Å². The molecule has 7 heteroatoms. The Balaban J connectivity index is 1.97. The van der Waals surface area contributed by atoms with Crippen LogP contribution in [0.5, 0.6) is 0 Å². The van der Waals surface area contributed by atoms with E-state index in [-0.39, 0.29) is 0 Å². The van der Waals surface area contributed by atoms with E-state index in [1.807, 2.05) is 0 Å². The summed E-state index contributed by atoms with van der Waals surface area (Å²) in [7, 11) is -3.32. The van der Waals surface area contributed by atoms with Crippen molar-refractivity contribution >= 4 is 37.3 Å². The summed E-state index contributed by atoms with van der Waals surface area (Å²) in [6.07, 6.45) is 1.04. The number of nitrogens with one attached hydrogen (secondary N) is 2. The number of halogens is 1. The van der Waals surface area contributed by atoms with E-state index in [0.29, 0.717) is 16.7 Å². The first-order chi connectivity index (χ1) is 7.58. The van der Waals surface area contributed by atoms with Gasteiger partial charge in [-0.2, -0.15) is 0 Å². The second kappa shape index (κ2) is 5.14. The van der Waals surface area contributed by atoms with Crippen molar-refractivity contribution in [3.05, 3.63) is 15.9 Å². The van der Waals surface area contributed by atoms with Crippen LogP contribution in [0, 0.1) is 5.92 Å². The molecule has 0 saturated carbocycles. The van der Waals surface area contributed by atoms with Gasteiger partial charge in [0.2, 0.25) is 10.0 Å². The number of hydrogen-bond donors (Lipinski definition) is 2. The minimum absolute atomic E-state index is 0.366. The third-order valence-corrected chi connectivity index (χ3v) is 6.16. The van der Waals surface area contributed by atoms with Crippen LogP contribution in [0.4, 0.5) is 0 Å². The van der Waals surface area contributed by atoms with E-state index in [2.05, 4.69) is 26.0 Å². The average molecular weight is 325 g/mol. The standard InChI is InChI=1S/C9H13BrN2O2S2/c10-8-3-9(15-6-8)16(13,14)12-5-7-1-2-11-4-7/h3,6-7,11-12H,1-2,4-5H2. The molecule has 16 heavy (non-hydrogen) atoms. The highest BCUT2D eigenvalue weighted by Crippen LogP contribution is 2.24. The molecule has 4 nitrogen and oxygen atoms in total. The van der Waals surface area contributed by atoms with E-state index in [0.717, 1.165) is 24.0 Å². The van der Waals surface area contributed by atoms with Crippen molar-refractivity contribution in [1.82, 2.24) is 10.0 Å². The molecule has 0 bridgehead atoms. The largest absolute Gasteiger partial charge is 0.316 e. The van der Waals surface area contributed by atoms with Crippen molar-refractivity contribution in [3.8, 4) is 0 Å². The van der Waals surface area contributed by atoms with Gasteiger partial charge < -0.3 is 5.32 Å². The van der Waals surface area contributed by atoms with Gasteiger partial charge in [0.1, 0.15) is 4.21 Å². The Morgan fingerprint density at radius 2 is 2.44 bits per heavy atom. The van der Waals surface area contributed by atoms with Gasteiger partial charge >= 0.3 is 0 Å². The van der Waals surface area contributed by atoms with Crippen LogP contribution in [0.1, 0.15) is 6.42 Å². The quantitative estimate of drug-likeness (QED) is 0.880. The van der Waals surface area contributed by atoms with Gasteiger partial charge in [-0.05, 0) is 47.4 Å². The first-order valence-corrected chi connectivity index (χ1v) is 8.18. The maximum absolute atomic E-state index is 11.9. The van der Waals surface area contributed by atoms with Crippen molar-refractivity contribution in [2.45, 2.75) is 10.6 Å². The predicted octanol–water partition coefficient (Wildman–Crippen LogP) is 1.40. The van der Waals surface area contributed by atoms with Gasteiger partial charge in [0, 0.05) is 16.4 Å². The number of rotatable bonds is 4. The lowest BCUT2D eigenvalue weighted by molar-refractivity contribution is 0.540. The molecule has 0 amide bonds. The molecule has 2 rings (SSSR count). The maximum atomic E-state index is 11.9. The summed E-state index contributed by atoms with van der Waals surface area (Å²) in [5.74, 6) is 0.415. The van der Waals surface area contributed by atoms with Gasteiger partial charge in [0.05, 0.1) is 0 Å². The normalized spacial score (nSPS) is 21.4. The van der Waals surface area contributed by atoms with Gasteiger partial charge in [-0.3, -0.25) is 0 Å². The Hall–Kier alpha value is 0.0500. The molecule has 1 saturated heterocycles. The van der Waals surface area contributed by atoms with Crippen LogP contribution in [0.15, 0.2) is 20.1 Å². The SMILES string of the molecule is O=S(=O)(NCC1CCNC1)c1cc(Br)cs1. The molecule has 1 unspecified atom stereocenters. The predicted molar refractivity (Wildman–Crippen MR) is 68.2 cm³/mol. The topological polar surface area (TPSA) is 58.2 Å². The number of hydrogen-bond acceptors (Lipinski definition) is 4. The van der Waals surface area contributed by atoms with Crippen molar-refractivity contribution in [1.29, 1.82) is 0 Å². The van der Waals surface area contributed by atoms with E-state index < -0.39 is 10.0 Å². The van der Waals surface area contributed by atoms with Crippen LogP contribution in [-0.2, 0) is 10.0 Å². The molecule has 1 aliphatic heterocycles. The first kappa shape index (κ1) is 12.5. The van der Waals surface area contributed by atoms with Crippen LogP contribution in [-0.4, -0.2) is 28.1 Å². The third kappa shape index (κ3) is 3.04. The van der Waals surface area contributed by atoms with Crippen LogP contribution >= 0.6 is 27.3 Å². The zero-order valence-electron chi connectivity index (χ0n) is 8.57. The molecule has 1 aromatic heterocycles. The summed E-state index contributed by atoms with van der Waals surface area (Å²) in [4.78, 5) is 0. The van der Waals surface area contributed by atoms with Gasteiger partial charge in [-0.1, -0.05) is 0 Å². The van der Waals surface area contributed by atoms with Gasteiger partial charge in [-0.15, -0.1) is 11.3 Å². The highest BCUT2D eigenvalue weighted by Gasteiger charge is 2.20. The zero-order chi connectivity index (χ0) is 11.6. The lowest BCUT2D eigenvalue weighted by Gasteiger charge is -2.09. The molecule has 1 fully saturated rings. The van der Waals surface area contributed by atoms with E-state index in [4.69, 9.17) is 0 Å². The maximum Gasteiger partial charge on any atom is 0.250 e. The first-order valence-electron chi connectivity index (χ1n) is 5.02. The van der Waals surface area contributed by atoms with Crippen LogP contribution < -0.4 is 10.0 Å². The fourth-order valence-electron chi connectivity index (χ4n) is 1.62. The van der Waals surface area contributed by atoms with E-state index >= 15 is 0 Å². The van der Waals surface area contributed by atoms with Crippen molar-refractivity contribution < 1.29 is 8.42 Å². The molecule has 0 spiro atoms. The molecule has 1 aromatic rings. The second-order valence-corrected chi connectivity index (χ2v) is 7.62. The van der Waals surface area contributed by atoms with Crippen molar-refractivity contribution in [3.63, 3.8) is 0 Å². The number of thiophene rings is 1. The summed E-state index contributed by atoms with van der Waals surface area (Å²) in [6, 6.07) is 1.62. The Kier molecular flexibility index (Phi) is 4.01.